The third-order valence-electron chi connectivity index (χ3n) is 3.29. The van der Waals surface area contributed by atoms with Gasteiger partial charge >= 0.3 is 0 Å². The molecule has 0 aliphatic carbocycles. The van der Waals surface area contributed by atoms with Crippen LogP contribution in [0.4, 0.5) is 0 Å². The number of hydrogen-bond acceptors (Lipinski definition) is 4. The summed E-state index contributed by atoms with van der Waals surface area (Å²) in [6.45, 7) is 4.15. The molecule has 0 spiro atoms. The third kappa shape index (κ3) is 3.04. The number of piperazine rings is 1. The maximum absolute atomic E-state index is 10.1. The van der Waals surface area contributed by atoms with E-state index in [0.29, 0.717) is 6.54 Å². The van der Waals surface area contributed by atoms with Crippen molar-refractivity contribution in [3.63, 3.8) is 0 Å². The van der Waals surface area contributed by atoms with E-state index in [1.54, 1.807) is 0 Å². The topological polar surface area (TPSA) is 61.5 Å². The minimum atomic E-state index is -0.504. The molecule has 1 aromatic carbocycles. The number of nitrogens with zero attached hydrogens (tertiary/aromatic N) is 1. The molecule has 1 heterocycles. The van der Waals surface area contributed by atoms with E-state index in [9.17, 15) is 5.11 Å². The highest BCUT2D eigenvalue weighted by atomic mass is 16.3. The molecule has 17 heavy (non-hydrogen) atoms. The van der Waals surface area contributed by atoms with Crippen LogP contribution in [0.15, 0.2) is 30.3 Å². The van der Waals surface area contributed by atoms with Gasteiger partial charge in [-0.25, -0.2) is 0 Å². The summed E-state index contributed by atoms with van der Waals surface area (Å²) in [5, 5.41) is 13.5. The van der Waals surface area contributed by atoms with Crippen molar-refractivity contribution in [3.8, 4) is 0 Å². The van der Waals surface area contributed by atoms with Crippen LogP contribution in [0.1, 0.15) is 11.6 Å². The Morgan fingerprint density at radius 2 is 1.88 bits per heavy atom. The van der Waals surface area contributed by atoms with Crippen LogP contribution in [0.25, 0.3) is 0 Å². The normalized spacial score (nSPS) is 21.1. The summed E-state index contributed by atoms with van der Waals surface area (Å²) in [7, 11) is 0. The van der Waals surface area contributed by atoms with Crippen LogP contribution in [0.5, 0.6) is 0 Å². The van der Waals surface area contributed by atoms with E-state index in [1.807, 2.05) is 18.2 Å². The van der Waals surface area contributed by atoms with Gasteiger partial charge in [-0.1, -0.05) is 30.3 Å². The van der Waals surface area contributed by atoms with E-state index in [1.165, 1.54) is 0 Å². The van der Waals surface area contributed by atoms with Crippen LogP contribution in [0, 0.1) is 0 Å². The van der Waals surface area contributed by atoms with Crippen LogP contribution in [0.2, 0.25) is 0 Å². The van der Waals surface area contributed by atoms with Crippen LogP contribution in [-0.2, 0) is 0 Å². The Hall–Kier alpha value is -0.940. The SMILES string of the molecule is NCC(O)C(c1ccccc1)N1CCNCC1. The zero-order valence-corrected chi connectivity index (χ0v) is 10.0. The number of nitrogens with two attached hydrogens (primary N) is 1. The zero-order chi connectivity index (χ0) is 12.1. The van der Waals surface area contributed by atoms with Crippen molar-refractivity contribution in [1.29, 1.82) is 0 Å². The molecular formula is C13H21N3O. The highest BCUT2D eigenvalue weighted by molar-refractivity contribution is 5.20. The summed E-state index contributed by atoms with van der Waals surface area (Å²) in [5.41, 5.74) is 6.77. The number of nitrogens with one attached hydrogen (secondary N) is 1. The van der Waals surface area contributed by atoms with Crippen molar-refractivity contribution in [2.24, 2.45) is 5.73 Å². The Balaban J connectivity index is 2.18. The van der Waals surface area contributed by atoms with Gasteiger partial charge in [-0.05, 0) is 5.56 Å². The Morgan fingerprint density at radius 3 is 2.47 bits per heavy atom. The Labute approximate surface area is 102 Å². The van der Waals surface area contributed by atoms with E-state index in [2.05, 4.69) is 22.3 Å². The second-order valence-corrected chi connectivity index (χ2v) is 4.44. The second kappa shape index (κ2) is 6.12. The van der Waals surface area contributed by atoms with Crippen LogP contribution < -0.4 is 11.1 Å². The molecular weight excluding hydrogens is 214 g/mol. The quantitative estimate of drug-likeness (QED) is 0.685. The summed E-state index contributed by atoms with van der Waals surface area (Å²) in [5.74, 6) is 0. The smallest absolute Gasteiger partial charge is 0.0858 e. The number of benzene rings is 1. The van der Waals surface area contributed by atoms with Gasteiger partial charge in [0.1, 0.15) is 0 Å². The first kappa shape index (κ1) is 12.5. The van der Waals surface area contributed by atoms with Crippen LogP contribution in [0.3, 0.4) is 0 Å². The third-order valence-corrected chi connectivity index (χ3v) is 3.29. The molecule has 2 atom stereocenters. The lowest BCUT2D eigenvalue weighted by molar-refractivity contribution is 0.0464. The molecule has 4 N–H and O–H groups in total. The average molecular weight is 235 g/mol. The predicted octanol–water partition coefficient (Wildman–Crippen LogP) is -0.0475. The molecule has 1 aliphatic heterocycles. The van der Waals surface area contributed by atoms with Gasteiger partial charge in [0, 0.05) is 32.7 Å². The molecule has 94 valence electrons. The maximum atomic E-state index is 10.1. The molecule has 0 bridgehead atoms. The summed E-state index contributed by atoms with van der Waals surface area (Å²) in [6, 6.07) is 10.1. The first-order chi connectivity index (χ1) is 8.33. The van der Waals surface area contributed by atoms with Gasteiger partial charge in [0.15, 0.2) is 0 Å². The molecule has 1 saturated heterocycles. The highest BCUT2D eigenvalue weighted by Crippen LogP contribution is 2.24. The Bertz CT molecular complexity index is 325. The molecule has 1 fully saturated rings. The van der Waals surface area contributed by atoms with E-state index in [-0.39, 0.29) is 6.04 Å². The van der Waals surface area contributed by atoms with Gasteiger partial charge in [-0.2, -0.15) is 0 Å². The first-order valence-electron chi connectivity index (χ1n) is 6.21. The van der Waals surface area contributed by atoms with E-state index in [0.717, 1.165) is 31.7 Å². The van der Waals surface area contributed by atoms with Gasteiger partial charge in [0.25, 0.3) is 0 Å². The van der Waals surface area contributed by atoms with Crippen molar-refractivity contribution < 1.29 is 5.11 Å². The average Bonchev–Trinajstić information content (AvgIpc) is 2.41. The largest absolute Gasteiger partial charge is 0.390 e. The Kier molecular flexibility index (Phi) is 4.50. The molecule has 4 nitrogen and oxygen atoms in total. The predicted molar refractivity (Wildman–Crippen MR) is 68.7 cm³/mol. The highest BCUT2D eigenvalue weighted by Gasteiger charge is 2.27. The fourth-order valence-electron chi connectivity index (χ4n) is 2.42. The molecule has 1 aliphatic rings. The summed E-state index contributed by atoms with van der Waals surface area (Å²) in [6.07, 6.45) is -0.504. The number of aliphatic hydroxyl groups excluding tert-OH is 1. The fourth-order valence-corrected chi connectivity index (χ4v) is 2.42. The second-order valence-electron chi connectivity index (χ2n) is 4.44. The molecule has 1 aromatic rings. The van der Waals surface area contributed by atoms with Crippen LogP contribution >= 0.6 is 0 Å². The van der Waals surface area contributed by atoms with Crippen molar-refractivity contribution in [3.05, 3.63) is 35.9 Å². The maximum Gasteiger partial charge on any atom is 0.0858 e. The van der Waals surface area contributed by atoms with Crippen LogP contribution in [-0.4, -0.2) is 48.8 Å². The molecule has 2 unspecified atom stereocenters. The molecule has 4 heteroatoms. The van der Waals surface area contributed by atoms with Gasteiger partial charge in [0.2, 0.25) is 0 Å². The van der Waals surface area contributed by atoms with Gasteiger partial charge < -0.3 is 16.2 Å². The Morgan fingerprint density at radius 1 is 1.24 bits per heavy atom. The summed E-state index contributed by atoms with van der Waals surface area (Å²) < 4.78 is 0. The summed E-state index contributed by atoms with van der Waals surface area (Å²) in [4.78, 5) is 2.31. The molecule has 0 aromatic heterocycles. The van der Waals surface area contributed by atoms with Crippen molar-refractivity contribution in [2.45, 2.75) is 12.1 Å². The number of hydrogen-bond donors (Lipinski definition) is 3. The molecule has 0 amide bonds. The lowest BCUT2D eigenvalue weighted by Gasteiger charge is -2.37. The fraction of sp³-hybridized carbons (Fsp3) is 0.538. The molecule has 2 rings (SSSR count). The lowest BCUT2D eigenvalue weighted by atomic mass is 9.99. The van der Waals surface area contributed by atoms with Gasteiger partial charge in [0.05, 0.1) is 12.1 Å². The van der Waals surface area contributed by atoms with E-state index < -0.39 is 6.10 Å². The van der Waals surface area contributed by atoms with Gasteiger partial charge in [-0.3, -0.25) is 4.90 Å². The zero-order valence-electron chi connectivity index (χ0n) is 10.0. The van der Waals surface area contributed by atoms with Gasteiger partial charge in [-0.15, -0.1) is 0 Å². The van der Waals surface area contributed by atoms with Crippen molar-refractivity contribution >= 4 is 0 Å². The monoisotopic (exact) mass is 235 g/mol. The van der Waals surface area contributed by atoms with Crippen molar-refractivity contribution in [1.82, 2.24) is 10.2 Å². The minimum absolute atomic E-state index is 0.0169. The standard InChI is InChI=1S/C13H21N3O/c14-10-12(17)13(11-4-2-1-3-5-11)16-8-6-15-7-9-16/h1-5,12-13,15,17H,6-10,14H2. The number of rotatable bonds is 4. The van der Waals surface area contributed by atoms with Crippen molar-refractivity contribution in [2.75, 3.05) is 32.7 Å². The number of aliphatic hydroxyl groups is 1. The lowest BCUT2D eigenvalue weighted by Crippen LogP contribution is -2.49. The van der Waals surface area contributed by atoms with E-state index >= 15 is 0 Å². The van der Waals surface area contributed by atoms with E-state index in [4.69, 9.17) is 5.73 Å². The molecule has 0 radical (unpaired) electrons. The summed E-state index contributed by atoms with van der Waals surface area (Å²) >= 11 is 0. The minimum Gasteiger partial charge on any atom is -0.390 e. The molecule has 0 saturated carbocycles. The first-order valence-corrected chi connectivity index (χ1v) is 6.21.